The van der Waals surface area contributed by atoms with Crippen molar-refractivity contribution in [2.45, 2.75) is 40.0 Å². The number of nitrogens with one attached hydrogen (secondary N) is 1. The largest absolute Gasteiger partial charge is 0.476 e. The molecule has 3 rings (SSSR count). The average Bonchev–Trinajstić information content (AvgIpc) is 3.13. The number of benzene rings is 1. The molecule has 0 aliphatic rings. The third kappa shape index (κ3) is 4.31. The number of carboxylic acid groups (broad SMARTS) is 1. The Labute approximate surface area is 168 Å². The standard InChI is InChI=1S/C21H23N5O3/c1-12-6-7-14(8-18(12)26-11-17(20(28)29)24-25-26)19(27)23-16-9-15(21(3,4)5)10-22-13(16)2/h6-11H,1-5H3,(H,23,27)(H,28,29). The minimum Gasteiger partial charge on any atom is -0.476 e. The maximum atomic E-state index is 12.9. The predicted octanol–water partition coefficient (Wildman–Crippen LogP) is 3.53. The van der Waals surface area contributed by atoms with Gasteiger partial charge < -0.3 is 10.4 Å². The Balaban J connectivity index is 1.92. The number of hydrogen-bond acceptors (Lipinski definition) is 5. The molecule has 1 amide bonds. The van der Waals surface area contributed by atoms with E-state index in [9.17, 15) is 9.59 Å². The first-order valence-electron chi connectivity index (χ1n) is 9.11. The van der Waals surface area contributed by atoms with E-state index in [1.54, 1.807) is 18.2 Å². The summed E-state index contributed by atoms with van der Waals surface area (Å²) in [6.07, 6.45) is 3.13. The Morgan fingerprint density at radius 1 is 1.14 bits per heavy atom. The van der Waals surface area contributed by atoms with E-state index in [1.807, 2.05) is 26.1 Å². The minimum atomic E-state index is -1.16. The Bertz CT molecular complexity index is 1100. The molecule has 2 aromatic heterocycles. The number of hydrogen-bond donors (Lipinski definition) is 2. The minimum absolute atomic E-state index is 0.0911. The molecular formula is C21H23N5O3. The van der Waals surface area contributed by atoms with Gasteiger partial charge in [-0.15, -0.1) is 5.10 Å². The van der Waals surface area contributed by atoms with Crippen molar-refractivity contribution in [2.75, 3.05) is 5.32 Å². The van der Waals surface area contributed by atoms with Crippen molar-refractivity contribution < 1.29 is 14.7 Å². The molecule has 29 heavy (non-hydrogen) atoms. The maximum absolute atomic E-state index is 12.9. The second-order valence-electron chi connectivity index (χ2n) is 7.92. The summed E-state index contributed by atoms with van der Waals surface area (Å²) in [5, 5.41) is 19.4. The van der Waals surface area contributed by atoms with Crippen molar-refractivity contribution in [3.63, 3.8) is 0 Å². The van der Waals surface area contributed by atoms with E-state index in [1.165, 1.54) is 10.9 Å². The van der Waals surface area contributed by atoms with Crippen molar-refractivity contribution in [1.29, 1.82) is 0 Å². The summed E-state index contributed by atoms with van der Waals surface area (Å²) in [7, 11) is 0. The van der Waals surface area contributed by atoms with Gasteiger partial charge in [-0.3, -0.25) is 9.78 Å². The lowest BCUT2D eigenvalue weighted by Gasteiger charge is -2.20. The third-order valence-corrected chi connectivity index (χ3v) is 4.63. The zero-order valence-corrected chi connectivity index (χ0v) is 17.0. The van der Waals surface area contributed by atoms with E-state index in [2.05, 4.69) is 41.4 Å². The summed E-state index contributed by atoms with van der Waals surface area (Å²) in [4.78, 5) is 28.3. The van der Waals surface area contributed by atoms with E-state index >= 15 is 0 Å². The highest BCUT2D eigenvalue weighted by molar-refractivity contribution is 6.05. The molecule has 0 unspecified atom stereocenters. The zero-order valence-electron chi connectivity index (χ0n) is 17.0. The van der Waals surface area contributed by atoms with Gasteiger partial charge in [0.2, 0.25) is 0 Å². The molecule has 0 atom stereocenters. The van der Waals surface area contributed by atoms with Crippen LogP contribution in [0.3, 0.4) is 0 Å². The van der Waals surface area contributed by atoms with Crippen LogP contribution >= 0.6 is 0 Å². The lowest BCUT2D eigenvalue weighted by molar-refractivity contribution is 0.0690. The highest BCUT2D eigenvalue weighted by Gasteiger charge is 2.18. The van der Waals surface area contributed by atoms with Crippen molar-refractivity contribution in [1.82, 2.24) is 20.0 Å². The molecule has 0 spiro atoms. The van der Waals surface area contributed by atoms with Gasteiger partial charge in [0.1, 0.15) is 0 Å². The number of carbonyl (C=O) groups excluding carboxylic acids is 1. The fourth-order valence-electron chi connectivity index (χ4n) is 2.74. The Morgan fingerprint density at radius 2 is 1.86 bits per heavy atom. The number of aryl methyl sites for hydroxylation is 2. The molecular weight excluding hydrogens is 370 g/mol. The topological polar surface area (TPSA) is 110 Å². The highest BCUT2D eigenvalue weighted by Crippen LogP contribution is 2.26. The van der Waals surface area contributed by atoms with Crippen LogP contribution in [0.4, 0.5) is 5.69 Å². The SMILES string of the molecule is Cc1ccc(C(=O)Nc2cc(C(C)(C)C)cnc2C)cc1-n1cc(C(=O)O)nn1. The lowest BCUT2D eigenvalue weighted by Crippen LogP contribution is -2.17. The first-order chi connectivity index (χ1) is 13.6. The molecule has 0 fully saturated rings. The summed E-state index contributed by atoms with van der Waals surface area (Å²) in [6.45, 7) is 9.94. The Morgan fingerprint density at radius 3 is 2.48 bits per heavy atom. The zero-order chi connectivity index (χ0) is 21.3. The number of amides is 1. The van der Waals surface area contributed by atoms with Gasteiger partial charge in [-0.2, -0.15) is 0 Å². The van der Waals surface area contributed by atoms with E-state index in [0.717, 1.165) is 16.8 Å². The second-order valence-corrected chi connectivity index (χ2v) is 7.92. The van der Waals surface area contributed by atoms with E-state index in [4.69, 9.17) is 5.11 Å². The fourth-order valence-corrected chi connectivity index (χ4v) is 2.74. The number of aromatic carboxylic acids is 1. The van der Waals surface area contributed by atoms with Gasteiger partial charge in [0.25, 0.3) is 5.91 Å². The van der Waals surface area contributed by atoms with Crippen LogP contribution in [0.1, 0.15) is 58.4 Å². The van der Waals surface area contributed by atoms with Crippen LogP contribution in [-0.4, -0.2) is 37.0 Å². The Hall–Kier alpha value is -3.55. The quantitative estimate of drug-likeness (QED) is 0.702. The summed E-state index contributed by atoms with van der Waals surface area (Å²) in [6, 6.07) is 7.08. The predicted molar refractivity (Wildman–Crippen MR) is 109 cm³/mol. The van der Waals surface area contributed by atoms with Crippen LogP contribution in [0.5, 0.6) is 0 Å². The number of carboxylic acids is 1. The van der Waals surface area contributed by atoms with Crippen LogP contribution in [0.25, 0.3) is 5.69 Å². The van der Waals surface area contributed by atoms with Crippen molar-refractivity contribution in [3.05, 3.63) is 64.7 Å². The van der Waals surface area contributed by atoms with Crippen LogP contribution in [0.15, 0.2) is 36.7 Å². The van der Waals surface area contributed by atoms with Crippen molar-refractivity contribution in [3.8, 4) is 5.69 Å². The van der Waals surface area contributed by atoms with Gasteiger partial charge >= 0.3 is 5.97 Å². The lowest BCUT2D eigenvalue weighted by atomic mass is 9.88. The summed E-state index contributed by atoms with van der Waals surface area (Å²) in [5.74, 6) is -1.45. The number of nitrogens with zero attached hydrogens (tertiary/aromatic N) is 4. The molecule has 0 saturated heterocycles. The van der Waals surface area contributed by atoms with Crippen LogP contribution < -0.4 is 5.32 Å². The molecule has 8 heteroatoms. The van der Waals surface area contributed by atoms with E-state index in [0.29, 0.717) is 16.9 Å². The van der Waals surface area contributed by atoms with E-state index < -0.39 is 5.97 Å². The van der Waals surface area contributed by atoms with Gasteiger partial charge in [-0.25, -0.2) is 9.48 Å². The summed E-state index contributed by atoms with van der Waals surface area (Å²) < 4.78 is 1.35. The highest BCUT2D eigenvalue weighted by atomic mass is 16.4. The molecule has 0 aliphatic carbocycles. The molecule has 0 aliphatic heterocycles. The number of carbonyl (C=O) groups is 2. The van der Waals surface area contributed by atoms with Gasteiger partial charge in [-0.1, -0.05) is 32.1 Å². The summed E-state index contributed by atoms with van der Waals surface area (Å²) >= 11 is 0. The van der Waals surface area contributed by atoms with Crippen LogP contribution in [0.2, 0.25) is 0 Å². The average molecular weight is 393 g/mol. The molecule has 2 heterocycles. The monoisotopic (exact) mass is 393 g/mol. The normalized spacial score (nSPS) is 11.3. The van der Waals surface area contributed by atoms with Gasteiger partial charge in [0.05, 0.1) is 23.3 Å². The second kappa shape index (κ2) is 7.46. The third-order valence-electron chi connectivity index (χ3n) is 4.63. The molecule has 8 nitrogen and oxygen atoms in total. The maximum Gasteiger partial charge on any atom is 0.358 e. The number of pyridine rings is 1. The summed E-state index contributed by atoms with van der Waals surface area (Å²) in [5.41, 5.74) is 3.96. The van der Waals surface area contributed by atoms with E-state index in [-0.39, 0.29) is 17.0 Å². The van der Waals surface area contributed by atoms with Gasteiger partial charge in [-0.05, 0) is 48.6 Å². The number of anilines is 1. The molecule has 0 bridgehead atoms. The van der Waals surface area contributed by atoms with Crippen LogP contribution in [-0.2, 0) is 5.41 Å². The van der Waals surface area contributed by atoms with Crippen LogP contribution in [0, 0.1) is 13.8 Å². The molecule has 0 saturated carbocycles. The number of rotatable bonds is 4. The molecule has 0 radical (unpaired) electrons. The molecule has 150 valence electrons. The van der Waals surface area contributed by atoms with Crippen molar-refractivity contribution in [2.24, 2.45) is 0 Å². The van der Waals surface area contributed by atoms with Crippen molar-refractivity contribution >= 4 is 17.6 Å². The molecule has 2 N–H and O–H groups in total. The van der Waals surface area contributed by atoms with Gasteiger partial charge in [0.15, 0.2) is 5.69 Å². The molecule has 1 aromatic carbocycles. The molecule has 3 aromatic rings. The Kier molecular flexibility index (Phi) is 5.19. The number of aromatic nitrogens is 4. The smallest absolute Gasteiger partial charge is 0.358 e. The first-order valence-corrected chi connectivity index (χ1v) is 9.11. The first kappa shape index (κ1) is 20.2. The fraction of sp³-hybridized carbons (Fsp3) is 0.286. The van der Waals surface area contributed by atoms with Gasteiger partial charge in [0, 0.05) is 11.8 Å².